The van der Waals surface area contributed by atoms with Crippen LogP contribution in [0, 0.1) is 5.41 Å². The zero-order valence-corrected chi connectivity index (χ0v) is 6.53. The molecule has 0 aliphatic carbocycles. The summed E-state index contributed by atoms with van der Waals surface area (Å²) in [6, 6.07) is 0. The SMILES string of the molecule is CCC1(CC)CNNC1=O. The van der Waals surface area contributed by atoms with Crippen LogP contribution in [0.5, 0.6) is 0 Å². The minimum absolute atomic E-state index is 0.125. The molecule has 0 aromatic rings. The van der Waals surface area contributed by atoms with Gasteiger partial charge >= 0.3 is 0 Å². The van der Waals surface area contributed by atoms with Crippen LogP contribution >= 0.6 is 0 Å². The zero-order valence-electron chi connectivity index (χ0n) is 6.53. The topological polar surface area (TPSA) is 41.1 Å². The number of carbonyl (C=O) groups is 1. The van der Waals surface area contributed by atoms with Crippen LogP contribution in [0.1, 0.15) is 26.7 Å². The molecule has 0 atom stereocenters. The lowest BCUT2D eigenvalue weighted by Crippen LogP contribution is -2.31. The molecule has 1 rings (SSSR count). The summed E-state index contributed by atoms with van der Waals surface area (Å²) in [6.45, 7) is 4.88. The van der Waals surface area contributed by atoms with E-state index in [-0.39, 0.29) is 11.3 Å². The van der Waals surface area contributed by atoms with Crippen molar-refractivity contribution >= 4 is 5.91 Å². The van der Waals surface area contributed by atoms with Crippen molar-refractivity contribution in [2.75, 3.05) is 6.54 Å². The van der Waals surface area contributed by atoms with Crippen molar-refractivity contribution in [3.63, 3.8) is 0 Å². The lowest BCUT2D eigenvalue weighted by Gasteiger charge is -2.20. The van der Waals surface area contributed by atoms with E-state index in [0.717, 1.165) is 19.4 Å². The number of nitrogens with one attached hydrogen (secondary N) is 2. The molecule has 3 heteroatoms. The second-order valence-electron chi connectivity index (χ2n) is 2.80. The Kier molecular flexibility index (Phi) is 1.94. The van der Waals surface area contributed by atoms with E-state index in [0.29, 0.717) is 0 Å². The van der Waals surface area contributed by atoms with Gasteiger partial charge in [-0.05, 0) is 12.8 Å². The summed E-state index contributed by atoms with van der Waals surface area (Å²) >= 11 is 0. The van der Waals surface area contributed by atoms with Crippen LogP contribution < -0.4 is 10.9 Å². The first-order chi connectivity index (χ1) is 4.75. The molecule has 0 aromatic carbocycles. The maximum Gasteiger partial charge on any atom is 0.241 e. The minimum Gasteiger partial charge on any atom is -0.291 e. The number of hydrogen-bond donors (Lipinski definition) is 2. The smallest absolute Gasteiger partial charge is 0.241 e. The summed E-state index contributed by atoms with van der Waals surface area (Å²) < 4.78 is 0. The van der Waals surface area contributed by atoms with Crippen molar-refractivity contribution in [2.24, 2.45) is 5.41 Å². The highest BCUT2D eigenvalue weighted by Crippen LogP contribution is 2.27. The highest BCUT2D eigenvalue weighted by molar-refractivity contribution is 5.84. The van der Waals surface area contributed by atoms with Crippen molar-refractivity contribution in [1.29, 1.82) is 0 Å². The second-order valence-corrected chi connectivity index (χ2v) is 2.80. The molecule has 0 saturated carbocycles. The van der Waals surface area contributed by atoms with Gasteiger partial charge in [0.2, 0.25) is 5.91 Å². The Morgan fingerprint density at radius 3 is 2.30 bits per heavy atom. The summed E-state index contributed by atoms with van der Waals surface area (Å²) in [5, 5.41) is 0. The Labute approximate surface area is 61.2 Å². The number of rotatable bonds is 2. The lowest BCUT2D eigenvalue weighted by molar-refractivity contribution is -0.127. The van der Waals surface area contributed by atoms with E-state index in [2.05, 4.69) is 24.7 Å². The lowest BCUT2D eigenvalue weighted by atomic mass is 9.83. The fourth-order valence-corrected chi connectivity index (χ4v) is 1.33. The fraction of sp³-hybridized carbons (Fsp3) is 0.857. The number of carbonyl (C=O) groups excluding carboxylic acids is 1. The number of hydrazine groups is 1. The summed E-state index contributed by atoms with van der Waals surface area (Å²) in [4.78, 5) is 11.2. The van der Waals surface area contributed by atoms with Gasteiger partial charge in [-0.1, -0.05) is 13.8 Å². The van der Waals surface area contributed by atoms with Crippen molar-refractivity contribution in [2.45, 2.75) is 26.7 Å². The van der Waals surface area contributed by atoms with Gasteiger partial charge in [0.15, 0.2) is 0 Å². The molecule has 0 bridgehead atoms. The van der Waals surface area contributed by atoms with Crippen molar-refractivity contribution < 1.29 is 4.79 Å². The van der Waals surface area contributed by atoms with Gasteiger partial charge in [0.25, 0.3) is 0 Å². The second kappa shape index (κ2) is 2.58. The van der Waals surface area contributed by atoms with Crippen molar-refractivity contribution in [3.8, 4) is 0 Å². The maximum absolute atomic E-state index is 11.2. The number of amides is 1. The molecule has 1 aliphatic heterocycles. The van der Waals surface area contributed by atoms with Gasteiger partial charge in [-0.3, -0.25) is 10.2 Å². The Hall–Kier alpha value is -0.570. The summed E-state index contributed by atoms with van der Waals surface area (Å²) in [6.07, 6.45) is 1.84. The monoisotopic (exact) mass is 142 g/mol. The molecular weight excluding hydrogens is 128 g/mol. The molecule has 0 unspecified atom stereocenters. The van der Waals surface area contributed by atoms with Gasteiger partial charge in [-0.25, -0.2) is 5.43 Å². The highest BCUT2D eigenvalue weighted by atomic mass is 16.2. The van der Waals surface area contributed by atoms with Crippen molar-refractivity contribution in [3.05, 3.63) is 0 Å². The first-order valence-electron chi connectivity index (χ1n) is 3.78. The van der Waals surface area contributed by atoms with E-state index in [9.17, 15) is 4.79 Å². The predicted octanol–water partition coefficient (Wildman–Crippen LogP) is 0.427. The zero-order chi connectivity index (χ0) is 7.61. The third-order valence-electron chi connectivity index (χ3n) is 2.46. The van der Waals surface area contributed by atoms with Crippen molar-refractivity contribution in [1.82, 2.24) is 10.9 Å². The molecule has 58 valence electrons. The van der Waals surface area contributed by atoms with Gasteiger partial charge in [0.05, 0.1) is 5.41 Å². The van der Waals surface area contributed by atoms with E-state index in [1.807, 2.05) is 0 Å². The average molecular weight is 142 g/mol. The van der Waals surface area contributed by atoms with E-state index in [1.54, 1.807) is 0 Å². The van der Waals surface area contributed by atoms with Gasteiger partial charge in [0, 0.05) is 6.54 Å². The van der Waals surface area contributed by atoms with E-state index in [4.69, 9.17) is 0 Å². The fourth-order valence-electron chi connectivity index (χ4n) is 1.33. The van der Waals surface area contributed by atoms with Gasteiger partial charge < -0.3 is 0 Å². The van der Waals surface area contributed by atoms with Crippen LogP contribution in [0.2, 0.25) is 0 Å². The van der Waals surface area contributed by atoms with E-state index in [1.165, 1.54) is 0 Å². The molecule has 0 radical (unpaired) electrons. The van der Waals surface area contributed by atoms with Crippen LogP contribution in [-0.2, 0) is 4.79 Å². The Bertz CT molecular complexity index is 141. The molecule has 1 saturated heterocycles. The molecule has 1 aliphatic rings. The maximum atomic E-state index is 11.2. The van der Waals surface area contributed by atoms with Gasteiger partial charge in [0.1, 0.15) is 0 Å². The summed E-state index contributed by atoms with van der Waals surface area (Å²) in [5.74, 6) is 0.150. The predicted molar refractivity (Wildman–Crippen MR) is 39.2 cm³/mol. The normalized spacial score (nSPS) is 22.8. The molecule has 1 fully saturated rings. The minimum atomic E-state index is -0.125. The average Bonchev–Trinajstić information content (AvgIpc) is 2.32. The molecule has 0 aromatic heterocycles. The molecule has 10 heavy (non-hydrogen) atoms. The molecule has 0 spiro atoms. The van der Waals surface area contributed by atoms with Gasteiger partial charge in [-0.15, -0.1) is 0 Å². The Morgan fingerprint density at radius 1 is 1.50 bits per heavy atom. The van der Waals surface area contributed by atoms with E-state index >= 15 is 0 Å². The quantitative estimate of drug-likeness (QED) is 0.587. The molecule has 1 amide bonds. The number of hydrogen-bond acceptors (Lipinski definition) is 2. The Balaban J connectivity index is 2.71. The summed E-state index contributed by atoms with van der Waals surface area (Å²) in [7, 11) is 0. The van der Waals surface area contributed by atoms with Crippen LogP contribution in [0.3, 0.4) is 0 Å². The standard InChI is InChI=1S/C7H14N2O/c1-3-7(4-2)5-8-9-6(7)10/h8H,3-5H2,1-2H3,(H,9,10). The molecule has 1 heterocycles. The van der Waals surface area contributed by atoms with Gasteiger partial charge in [-0.2, -0.15) is 0 Å². The molecular formula is C7H14N2O. The van der Waals surface area contributed by atoms with Crippen LogP contribution in [0.25, 0.3) is 0 Å². The Morgan fingerprint density at radius 2 is 2.10 bits per heavy atom. The first-order valence-corrected chi connectivity index (χ1v) is 3.78. The van der Waals surface area contributed by atoms with Crippen LogP contribution in [0.15, 0.2) is 0 Å². The summed E-state index contributed by atoms with van der Waals surface area (Å²) in [5.41, 5.74) is 5.36. The van der Waals surface area contributed by atoms with Crippen LogP contribution in [0.4, 0.5) is 0 Å². The third-order valence-corrected chi connectivity index (χ3v) is 2.46. The van der Waals surface area contributed by atoms with Crippen LogP contribution in [-0.4, -0.2) is 12.5 Å². The molecule has 3 nitrogen and oxygen atoms in total. The highest BCUT2D eigenvalue weighted by Gasteiger charge is 2.38. The van der Waals surface area contributed by atoms with E-state index < -0.39 is 0 Å². The molecule has 2 N–H and O–H groups in total. The third kappa shape index (κ3) is 0.904. The first kappa shape index (κ1) is 7.54. The largest absolute Gasteiger partial charge is 0.291 e.